The van der Waals surface area contributed by atoms with Gasteiger partial charge in [-0.05, 0) is 18.2 Å². The van der Waals surface area contributed by atoms with Crippen LogP contribution in [0, 0.1) is 5.82 Å². The van der Waals surface area contributed by atoms with Crippen LogP contribution in [0.25, 0.3) is 0 Å². The third kappa shape index (κ3) is 4.14. The molecule has 0 aromatic heterocycles. The van der Waals surface area contributed by atoms with Gasteiger partial charge in [0.25, 0.3) is 5.91 Å². The summed E-state index contributed by atoms with van der Waals surface area (Å²) < 4.78 is 18.2. The maximum absolute atomic E-state index is 13.2. The quantitative estimate of drug-likeness (QED) is 0.769. The Morgan fingerprint density at radius 1 is 1.56 bits per heavy atom. The lowest BCUT2D eigenvalue weighted by Gasteiger charge is -2.06. The van der Waals surface area contributed by atoms with Gasteiger partial charge in [0.2, 0.25) is 0 Å². The second-order valence-corrected chi connectivity index (χ2v) is 3.46. The van der Waals surface area contributed by atoms with Crippen molar-refractivity contribution in [3.63, 3.8) is 0 Å². The Morgan fingerprint density at radius 3 is 3.00 bits per heavy atom. The second-order valence-electron chi connectivity index (χ2n) is 3.03. The highest BCUT2D eigenvalue weighted by Gasteiger charge is 2.05. The lowest BCUT2D eigenvalue weighted by Crippen LogP contribution is -2.36. The van der Waals surface area contributed by atoms with Gasteiger partial charge in [-0.3, -0.25) is 10.2 Å². The second kappa shape index (κ2) is 6.42. The van der Waals surface area contributed by atoms with E-state index in [0.717, 1.165) is 0 Å². The van der Waals surface area contributed by atoms with Crippen molar-refractivity contribution in [3.8, 4) is 0 Å². The monoisotopic (exact) mass is 246 g/mol. The molecule has 0 aliphatic heterocycles. The molecule has 16 heavy (non-hydrogen) atoms. The first-order valence-electron chi connectivity index (χ1n) is 4.60. The third-order valence-corrected chi connectivity index (χ3v) is 2.00. The SMILES string of the molecule is CNNC(=O)COCc1cc(Cl)ccc1F. The van der Waals surface area contributed by atoms with E-state index in [1.807, 2.05) is 0 Å². The topological polar surface area (TPSA) is 50.4 Å². The molecule has 88 valence electrons. The van der Waals surface area contributed by atoms with Gasteiger partial charge in [-0.15, -0.1) is 0 Å². The number of nitrogens with one attached hydrogen (secondary N) is 2. The number of carbonyl (C=O) groups is 1. The van der Waals surface area contributed by atoms with Crippen molar-refractivity contribution < 1.29 is 13.9 Å². The standard InChI is InChI=1S/C10H12ClFN2O2/c1-13-14-10(15)6-16-5-7-4-8(11)2-3-9(7)12/h2-4,13H,5-6H2,1H3,(H,14,15). The van der Waals surface area contributed by atoms with Crippen LogP contribution >= 0.6 is 11.6 Å². The summed E-state index contributed by atoms with van der Waals surface area (Å²) in [5.41, 5.74) is 5.11. The number of benzene rings is 1. The predicted molar refractivity (Wildman–Crippen MR) is 58.3 cm³/mol. The summed E-state index contributed by atoms with van der Waals surface area (Å²) in [5.74, 6) is -0.733. The number of halogens is 2. The van der Waals surface area contributed by atoms with Gasteiger partial charge < -0.3 is 4.74 Å². The molecule has 2 N–H and O–H groups in total. The Labute approximate surface area is 97.7 Å². The molecule has 1 aromatic rings. The Hall–Kier alpha value is -1.17. The smallest absolute Gasteiger partial charge is 0.260 e. The van der Waals surface area contributed by atoms with E-state index in [4.69, 9.17) is 16.3 Å². The van der Waals surface area contributed by atoms with Crippen LogP contribution in [-0.4, -0.2) is 19.6 Å². The molecular formula is C10H12ClFN2O2. The van der Waals surface area contributed by atoms with Crippen molar-refractivity contribution in [1.29, 1.82) is 0 Å². The first kappa shape index (κ1) is 12.9. The molecule has 0 unspecified atom stereocenters. The molecular weight excluding hydrogens is 235 g/mol. The first-order chi connectivity index (χ1) is 7.63. The average molecular weight is 247 g/mol. The van der Waals surface area contributed by atoms with Gasteiger partial charge >= 0.3 is 0 Å². The highest BCUT2D eigenvalue weighted by Crippen LogP contribution is 2.15. The van der Waals surface area contributed by atoms with E-state index >= 15 is 0 Å². The summed E-state index contributed by atoms with van der Waals surface area (Å²) in [5, 5.41) is 0.430. The van der Waals surface area contributed by atoms with E-state index < -0.39 is 5.82 Å². The van der Waals surface area contributed by atoms with Gasteiger partial charge in [-0.2, -0.15) is 0 Å². The number of carbonyl (C=O) groups excluding carboxylic acids is 1. The maximum atomic E-state index is 13.2. The molecule has 4 nitrogen and oxygen atoms in total. The van der Waals surface area contributed by atoms with Gasteiger partial charge in [-0.25, -0.2) is 9.82 Å². The van der Waals surface area contributed by atoms with Gasteiger partial charge in [0.1, 0.15) is 12.4 Å². The summed E-state index contributed by atoms with van der Waals surface area (Å²) in [6, 6.07) is 4.18. The lowest BCUT2D eigenvalue weighted by atomic mass is 10.2. The zero-order valence-corrected chi connectivity index (χ0v) is 9.47. The largest absolute Gasteiger partial charge is 0.367 e. The van der Waals surface area contributed by atoms with Crippen LogP contribution in [0.2, 0.25) is 5.02 Å². The highest BCUT2D eigenvalue weighted by atomic mass is 35.5. The number of amides is 1. The number of rotatable bonds is 5. The molecule has 6 heteroatoms. The molecule has 0 fully saturated rings. The van der Waals surface area contributed by atoms with Crippen molar-refractivity contribution in [3.05, 3.63) is 34.6 Å². The van der Waals surface area contributed by atoms with E-state index in [-0.39, 0.29) is 19.1 Å². The molecule has 1 aromatic carbocycles. The summed E-state index contributed by atoms with van der Waals surface area (Å²) in [4.78, 5) is 11.0. The van der Waals surface area contributed by atoms with E-state index in [0.29, 0.717) is 10.6 Å². The van der Waals surface area contributed by atoms with Crippen LogP contribution in [-0.2, 0) is 16.1 Å². The van der Waals surface area contributed by atoms with Gasteiger partial charge in [-0.1, -0.05) is 11.6 Å². The van der Waals surface area contributed by atoms with E-state index in [1.54, 1.807) is 7.05 Å². The minimum absolute atomic E-state index is 0.00350. The summed E-state index contributed by atoms with van der Waals surface area (Å²) in [6.45, 7) is -0.143. The normalized spacial score (nSPS) is 10.2. The van der Waals surface area contributed by atoms with Crippen LogP contribution in [0.1, 0.15) is 5.56 Å². The number of ether oxygens (including phenoxy) is 1. The summed E-state index contributed by atoms with van der Waals surface area (Å²) >= 11 is 5.70. The zero-order chi connectivity index (χ0) is 12.0. The van der Waals surface area contributed by atoms with Crippen LogP contribution in [0.5, 0.6) is 0 Å². The van der Waals surface area contributed by atoms with Crippen molar-refractivity contribution in [2.24, 2.45) is 0 Å². The molecule has 1 rings (SSSR count). The molecule has 1 amide bonds. The predicted octanol–water partition coefficient (Wildman–Crippen LogP) is 1.25. The van der Waals surface area contributed by atoms with Gasteiger partial charge in [0.15, 0.2) is 0 Å². The fourth-order valence-corrected chi connectivity index (χ4v) is 1.28. The third-order valence-electron chi connectivity index (χ3n) is 1.76. The Balaban J connectivity index is 2.42. The Morgan fingerprint density at radius 2 is 2.31 bits per heavy atom. The number of hydrogen-bond donors (Lipinski definition) is 2. The van der Waals surface area contributed by atoms with Crippen molar-refractivity contribution in [2.45, 2.75) is 6.61 Å². The molecule has 0 bridgehead atoms. The molecule has 0 aliphatic carbocycles. The zero-order valence-electron chi connectivity index (χ0n) is 8.72. The van der Waals surface area contributed by atoms with E-state index in [9.17, 15) is 9.18 Å². The minimum Gasteiger partial charge on any atom is -0.367 e. The highest BCUT2D eigenvalue weighted by molar-refractivity contribution is 6.30. The fourth-order valence-electron chi connectivity index (χ4n) is 1.08. The van der Waals surface area contributed by atoms with Crippen LogP contribution < -0.4 is 10.9 Å². The number of hydrogen-bond acceptors (Lipinski definition) is 3. The minimum atomic E-state index is -0.404. The lowest BCUT2D eigenvalue weighted by molar-refractivity contribution is -0.126. The molecule has 0 atom stereocenters. The van der Waals surface area contributed by atoms with Crippen molar-refractivity contribution in [1.82, 2.24) is 10.9 Å². The van der Waals surface area contributed by atoms with Gasteiger partial charge in [0, 0.05) is 17.6 Å². The van der Waals surface area contributed by atoms with Crippen LogP contribution in [0.15, 0.2) is 18.2 Å². The Bertz CT molecular complexity index is 374. The fraction of sp³-hybridized carbons (Fsp3) is 0.300. The average Bonchev–Trinajstić information content (AvgIpc) is 2.23. The molecule has 0 heterocycles. The molecule has 0 aliphatic rings. The van der Waals surface area contributed by atoms with E-state index in [2.05, 4.69) is 10.9 Å². The summed E-state index contributed by atoms with van der Waals surface area (Å²) in [7, 11) is 1.56. The van der Waals surface area contributed by atoms with Crippen LogP contribution in [0.3, 0.4) is 0 Å². The van der Waals surface area contributed by atoms with Gasteiger partial charge in [0.05, 0.1) is 6.61 Å². The molecule has 0 radical (unpaired) electrons. The molecule has 0 spiro atoms. The Kier molecular flexibility index (Phi) is 5.18. The molecule has 0 saturated carbocycles. The number of hydrazine groups is 1. The van der Waals surface area contributed by atoms with Crippen molar-refractivity contribution >= 4 is 17.5 Å². The first-order valence-corrected chi connectivity index (χ1v) is 4.98. The maximum Gasteiger partial charge on any atom is 0.260 e. The van der Waals surface area contributed by atoms with E-state index in [1.165, 1.54) is 18.2 Å². The van der Waals surface area contributed by atoms with Crippen LogP contribution in [0.4, 0.5) is 4.39 Å². The molecule has 0 saturated heterocycles. The summed E-state index contributed by atoms with van der Waals surface area (Å²) in [6.07, 6.45) is 0. The van der Waals surface area contributed by atoms with Crippen molar-refractivity contribution in [2.75, 3.05) is 13.7 Å².